The van der Waals surface area contributed by atoms with Crippen LogP contribution in [0.2, 0.25) is 0 Å². The smallest absolute Gasteiger partial charge is 0.227 e. The maximum atomic E-state index is 7.68. The van der Waals surface area contributed by atoms with Gasteiger partial charge >= 0.3 is 0 Å². The number of aryl methyl sites for hydroxylation is 2. The standard InChI is InChI=1S/C31H30N2O/c1-20-19-32-29(28-10-6-9-26-27-16-11-21(2)33-31(27)34-30(26)28)18-25(20)17-22-12-14-24(15-13-22)23-7-4-3-5-8-23/h6,9-16,18-19,23H,3-5,7-8,17H2,1-2H3/i2D3. The fourth-order valence-electron chi connectivity index (χ4n) is 5.35. The summed E-state index contributed by atoms with van der Waals surface area (Å²) in [4.78, 5) is 9.03. The van der Waals surface area contributed by atoms with Crippen LogP contribution in [-0.4, -0.2) is 9.97 Å². The first kappa shape index (κ1) is 17.9. The number of rotatable bonds is 4. The Bertz CT molecular complexity index is 1580. The first-order valence-electron chi connectivity index (χ1n) is 13.7. The molecular formula is C31H30N2O. The Balaban J connectivity index is 1.33. The maximum absolute atomic E-state index is 7.68. The minimum absolute atomic E-state index is 0.0332. The van der Waals surface area contributed by atoms with Crippen molar-refractivity contribution in [1.29, 1.82) is 0 Å². The molecule has 3 heterocycles. The van der Waals surface area contributed by atoms with Gasteiger partial charge in [-0.1, -0.05) is 55.7 Å². The van der Waals surface area contributed by atoms with Crippen molar-refractivity contribution in [2.45, 2.75) is 58.2 Å². The average molecular weight is 450 g/mol. The third-order valence-electron chi connectivity index (χ3n) is 7.31. The van der Waals surface area contributed by atoms with Gasteiger partial charge in [-0.15, -0.1) is 0 Å². The lowest BCUT2D eigenvalue weighted by atomic mass is 9.84. The molecule has 1 aliphatic carbocycles. The number of aromatic nitrogens is 2. The number of furan rings is 1. The molecule has 1 aliphatic rings. The highest BCUT2D eigenvalue weighted by Gasteiger charge is 2.16. The molecule has 1 saturated carbocycles. The molecule has 3 aromatic heterocycles. The first-order chi connectivity index (χ1) is 17.9. The van der Waals surface area contributed by atoms with Crippen molar-refractivity contribution in [2.24, 2.45) is 0 Å². The first-order valence-corrected chi connectivity index (χ1v) is 12.2. The zero-order valence-corrected chi connectivity index (χ0v) is 19.5. The van der Waals surface area contributed by atoms with Crippen molar-refractivity contribution in [3.63, 3.8) is 0 Å². The number of pyridine rings is 2. The summed E-state index contributed by atoms with van der Waals surface area (Å²) in [6, 6.07) is 20.6. The van der Waals surface area contributed by atoms with E-state index in [1.165, 1.54) is 48.8 Å². The van der Waals surface area contributed by atoms with Gasteiger partial charge in [0.15, 0.2) is 0 Å². The van der Waals surface area contributed by atoms with E-state index in [0.717, 1.165) is 34.0 Å². The van der Waals surface area contributed by atoms with Crippen molar-refractivity contribution in [3.8, 4) is 11.3 Å². The molecule has 170 valence electrons. The molecule has 0 amide bonds. The van der Waals surface area contributed by atoms with Crippen LogP contribution in [-0.2, 0) is 6.42 Å². The van der Waals surface area contributed by atoms with E-state index >= 15 is 0 Å². The lowest BCUT2D eigenvalue weighted by Crippen LogP contribution is -2.04. The van der Waals surface area contributed by atoms with Gasteiger partial charge in [-0.3, -0.25) is 4.98 Å². The average Bonchev–Trinajstić information content (AvgIpc) is 3.29. The molecule has 0 aliphatic heterocycles. The van der Waals surface area contributed by atoms with E-state index in [0.29, 0.717) is 17.2 Å². The summed E-state index contributed by atoms with van der Waals surface area (Å²) in [6.07, 6.45) is 9.46. The molecular weight excluding hydrogens is 416 g/mol. The van der Waals surface area contributed by atoms with Gasteiger partial charge in [0.1, 0.15) is 5.58 Å². The van der Waals surface area contributed by atoms with E-state index < -0.39 is 6.85 Å². The normalized spacial score (nSPS) is 16.4. The van der Waals surface area contributed by atoms with Crippen LogP contribution >= 0.6 is 0 Å². The molecule has 0 bridgehead atoms. The third kappa shape index (κ3) is 3.90. The van der Waals surface area contributed by atoms with Crippen molar-refractivity contribution < 1.29 is 8.53 Å². The zero-order valence-electron chi connectivity index (χ0n) is 22.5. The zero-order chi connectivity index (χ0) is 25.6. The molecule has 0 spiro atoms. The number of hydrogen-bond acceptors (Lipinski definition) is 3. The molecule has 1 fully saturated rings. The fraction of sp³-hybridized carbons (Fsp3) is 0.290. The Morgan fingerprint density at radius 1 is 0.971 bits per heavy atom. The monoisotopic (exact) mass is 449 g/mol. The number of benzene rings is 2. The van der Waals surface area contributed by atoms with Gasteiger partial charge in [-0.2, -0.15) is 0 Å². The van der Waals surface area contributed by atoms with Gasteiger partial charge in [0.25, 0.3) is 0 Å². The molecule has 2 aromatic carbocycles. The van der Waals surface area contributed by atoms with Gasteiger partial charge in [0.2, 0.25) is 5.71 Å². The van der Waals surface area contributed by atoms with E-state index in [2.05, 4.69) is 42.2 Å². The van der Waals surface area contributed by atoms with Gasteiger partial charge in [0.05, 0.1) is 5.69 Å². The van der Waals surface area contributed by atoms with Crippen molar-refractivity contribution in [1.82, 2.24) is 9.97 Å². The number of nitrogens with zero attached hydrogens (tertiary/aromatic N) is 2. The molecule has 0 atom stereocenters. The van der Waals surface area contributed by atoms with Crippen molar-refractivity contribution in [3.05, 3.63) is 94.8 Å². The van der Waals surface area contributed by atoms with Gasteiger partial charge < -0.3 is 4.42 Å². The highest BCUT2D eigenvalue weighted by Crippen LogP contribution is 2.36. The third-order valence-corrected chi connectivity index (χ3v) is 7.31. The molecule has 3 nitrogen and oxygen atoms in total. The fourth-order valence-corrected chi connectivity index (χ4v) is 5.35. The predicted octanol–water partition coefficient (Wildman–Crippen LogP) is 8.30. The van der Waals surface area contributed by atoms with Gasteiger partial charge in [0, 0.05) is 32.3 Å². The van der Waals surface area contributed by atoms with Crippen LogP contribution in [0, 0.1) is 13.8 Å². The second-order valence-electron chi connectivity index (χ2n) is 9.58. The molecule has 34 heavy (non-hydrogen) atoms. The Labute approximate surface area is 205 Å². The Morgan fingerprint density at radius 3 is 2.65 bits per heavy atom. The predicted molar refractivity (Wildman–Crippen MR) is 139 cm³/mol. The van der Waals surface area contributed by atoms with E-state index in [-0.39, 0.29) is 5.69 Å². The summed E-state index contributed by atoms with van der Waals surface area (Å²) in [6.45, 7) is -0.178. The number of hydrogen-bond donors (Lipinski definition) is 0. The van der Waals surface area contributed by atoms with Crippen LogP contribution in [0.4, 0.5) is 0 Å². The van der Waals surface area contributed by atoms with E-state index in [4.69, 9.17) is 13.5 Å². The van der Waals surface area contributed by atoms with E-state index in [1.807, 2.05) is 24.4 Å². The summed E-state index contributed by atoms with van der Waals surface area (Å²) in [5, 5.41) is 1.70. The second kappa shape index (κ2) is 8.72. The highest BCUT2D eigenvalue weighted by molar-refractivity contribution is 6.08. The minimum Gasteiger partial charge on any atom is -0.437 e. The summed E-state index contributed by atoms with van der Waals surface area (Å²) >= 11 is 0. The lowest BCUT2D eigenvalue weighted by molar-refractivity contribution is 0.443. The van der Waals surface area contributed by atoms with Crippen LogP contribution in [0.5, 0.6) is 0 Å². The molecule has 3 heteroatoms. The molecule has 0 unspecified atom stereocenters. The van der Waals surface area contributed by atoms with Crippen LogP contribution in [0.3, 0.4) is 0 Å². The summed E-state index contributed by atoms with van der Waals surface area (Å²) < 4.78 is 29.2. The molecule has 5 aromatic rings. The Kier molecular flexibility index (Phi) is 4.60. The van der Waals surface area contributed by atoms with Gasteiger partial charge in [-0.05, 0) is 85.5 Å². The quantitative estimate of drug-likeness (QED) is 0.277. The Hall–Kier alpha value is -3.46. The molecule has 0 saturated heterocycles. The highest BCUT2D eigenvalue weighted by atomic mass is 16.3. The number of fused-ring (bicyclic) bond motifs is 3. The van der Waals surface area contributed by atoms with Crippen LogP contribution < -0.4 is 0 Å². The van der Waals surface area contributed by atoms with E-state index in [1.54, 1.807) is 12.1 Å². The minimum atomic E-state index is -2.28. The number of para-hydroxylation sites is 1. The lowest BCUT2D eigenvalue weighted by Gasteiger charge is -2.22. The molecule has 0 radical (unpaired) electrons. The summed E-state index contributed by atoms with van der Waals surface area (Å²) in [5.41, 5.74) is 7.90. The largest absolute Gasteiger partial charge is 0.437 e. The van der Waals surface area contributed by atoms with Crippen LogP contribution in [0.15, 0.2) is 71.3 Å². The molecule has 6 rings (SSSR count). The van der Waals surface area contributed by atoms with Crippen LogP contribution in [0.25, 0.3) is 33.3 Å². The Morgan fingerprint density at radius 2 is 1.82 bits per heavy atom. The van der Waals surface area contributed by atoms with Crippen molar-refractivity contribution >= 4 is 22.1 Å². The van der Waals surface area contributed by atoms with Gasteiger partial charge in [-0.25, -0.2) is 4.98 Å². The van der Waals surface area contributed by atoms with Crippen molar-refractivity contribution in [2.75, 3.05) is 0 Å². The maximum Gasteiger partial charge on any atom is 0.227 e. The van der Waals surface area contributed by atoms with E-state index in [9.17, 15) is 0 Å². The molecule has 0 N–H and O–H groups in total. The van der Waals surface area contributed by atoms with Crippen LogP contribution in [0.1, 0.15) is 70.1 Å². The SMILES string of the molecule is [2H]C([2H])([2H])c1ccc2c(n1)oc1c(-c3cc(Cc4ccc(C5CCCCC5)cc4)c(C)cn3)cccc12. The summed E-state index contributed by atoms with van der Waals surface area (Å²) in [5.74, 6) is 0.715. The summed E-state index contributed by atoms with van der Waals surface area (Å²) in [7, 11) is 0. The topological polar surface area (TPSA) is 38.9 Å². The second-order valence-corrected chi connectivity index (χ2v) is 9.58.